The molecule has 0 atom stereocenters. The average molecular weight is 297 g/mol. The lowest BCUT2D eigenvalue weighted by atomic mass is 9.76. The molecule has 0 heterocycles. The Morgan fingerprint density at radius 1 is 0.952 bits per heavy atom. The number of nitrogens with one attached hydrogen (secondary N) is 1. The van der Waals surface area contributed by atoms with Crippen molar-refractivity contribution in [1.82, 2.24) is 5.32 Å². The van der Waals surface area contributed by atoms with Crippen molar-refractivity contribution in [2.24, 2.45) is 0 Å². The molecule has 21 heavy (non-hydrogen) atoms. The molecule has 122 valence electrons. The van der Waals surface area contributed by atoms with Crippen LogP contribution >= 0.6 is 0 Å². The number of carboxylic acids is 1. The minimum absolute atomic E-state index is 0.0972. The minimum Gasteiger partial charge on any atom is -0.480 e. The zero-order chi connectivity index (χ0) is 15.6. The van der Waals surface area contributed by atoms with Crippen LogP contribution in [0.3, 0.4) is 0 Å². The van der Waals surface area contributed by atoms with Gasteiger partial charge >= 0.3 is 5.97 Å². The van der Waals surface area contributed by atoms with E-state index < -0.39 is 11.5 Å². The maximum Gasteiger partial charge on any atom is 0.329 e. The number of amides is 1. The van der Waals surface area contributed by atoms with E-state index >= 15 is 0 Å². The summed E-state index contributed by atoms with van der Waals surface area (Å²) >= 11 is 0. The summed E-state index contributed by atoms with van der Waals surface area (Å²) in [7, 11) is 0. The zero-order valence-corrected chi connectivity index (χ0v) is 13.5. The van der Waals surface area contributed by atoms with Crippen molar-refractivity contribution in [3.8, 4) is 0 Å². The molecule has 1 rings (SSSR count). The third-order valence-corrected chi connectivity index (χ3v) is 4.50. The summed E-state index contributed by atoms with van der Waals surface area (Å²) in [5.74, 6) is -0.978. The van der Waals surface area contributed by atoms with Gasteiger partial charge in [0.25, 0.3) is 0 Å². The molecule has 0 aliphatic heterocycles. The molecule has 0 aromatic carbocycles. The molecule has 0 aromatic heterocycles. The van der Waals surface area contributed by atoms with Gasteiger partial charge in [0.2, 0.25) is 5.91 Å². The molecule has 0 bridgehead atoms. The van der Waals surface area contributed by atoms with E-state index in [2.05, 4.69) is 12.2 Å². The van der Waals surface area contributed by atoms with Crippen LogP contribution in [0.1, 0.15) is 90.4 Å². The summed E-state index contributed by atoms with van der Waals surface area (Å²) in [5, 5.41) is 11.9. The van der Waals surface area contributed by atoms with E-state index in [4.69, 9.17) is 5.11 Å². The molecule has 1 amide bonds. The Hall–Kier alpha value is -1.06. The van der Waals surface area contributed by atoms with Crippen LogP contribution in [0.4, 0.5) is 0 Å². The van der Waals surface area contributed by atoms with E-state index in [9.17, 15) is 9.59 Å². The second-order valence-corrected chi connectivity index (χ2v) is 6.37. The molecular weight excluding hydrogens is 266 g/mol. The molecule has 1 fully saturated rings. The number of rotatable bonds is 12. The number of carbonyl (C=O) groups is 2. The maximum atomic E-state index is 11.8. The highest BCUT2D eigenvalue weighted by Gasteiger charge is 2.45. The van der Waals surface area contributed by atoms with Crippen molar-refractivity contribution in [1.29, 1.82) is 0 Å². The van der Waals surface area contributed by atoms with Crippen LogP contribution in [-0.4, -0.2) is 22.5 Å². The lowest BCUT2D eigenvalue weighted by Crippen LogP contribution is -2.59. The minimum atomic E-state index is -0.948. The predicted octanol–water partition coefficient (Wildman–Crippen LogP) is 4.03. The molecule has 4 nitrogen and oxygen atoms in total. The van der Waals surface area contributed by atoms with Gasteiger partial charge in [-0.15, -0.1) is 0 Å². The molecule has 0 unspecified atom stereocenters. The number of unbranched alkanes of at least 4 members (excludes halogenated alkanes) is 8. The maximum absolute atomic E-state index is 11.8. The topological polar surface area (TPSA) is 66.4 Å². The van der Waals surface area contributed by atoms with Crippen molar-refractivity contribution >= 4 is 11.9 Å². The van der Waals surface area contributed by atoms with Crippen molar-refractivity contribution in [3.05, 3.63) is 0 Å². The SMILES string of the molecule is CCCCCCCCCCCC(=O)NC1(C(=O)O)CCC1. The average Bonchev–Trinajstić information content (AvgIpc) is 2.40. The number of carbonyl (C=O) groups excluding carboxylic acids is 1. The van der Waals surface area contributed by atoms with Gasteiger partial charge < -0.3 is 10.4 Å². The molecule has 2 N–H and O–H groups in total. The number of carboxylic acid groups (broad SMARTS) is 1. The Balaban J connectivity index is 1.98. The third kappa shape index (κ3) is 6.49. The van der Waals surface area contributed by atoms with Gasteiger partial charge in [0.15, 0.2) is 0 Å². The van der Waals surface area contributed by atoms with E-state index in [1.165, 1.54) is 44.9 Å². The Bertz CT molecular complexity index is 324. The molecule has 1 aliphatic carbocycles. The third-order valence-electron chi connectivity index (χ3n) is 4.50. The van der Waals surface area contributed by atoms with Crippen LogP contribution in [0.15, 0.2) is 0 Å². The van der Waals surface area contributed by atoms with Crippen molar-refractivity contribution in [3.63, 3.8) is 0 Å². The van der Waals surface area contributed by atoms with Crippen LogP contribution < -0.4 is 5.32 Å². The Kier molecular flexibility index (Phi) is 8.40. The first-order chi connectivity index (χ1) is 10.1. The van der Waals surface area contributed by atoms with Gasteiger partial charge in [-0.3, -0.25) is 4.79 Å². The van der Waals surface area contributed by atoms with Gasteiger partial charge in [0, 0.05) is 6.42 Å². The van der Waals surface area contributed by atoms with E-state index in [0.717, 1.165) is 19.3 Å². The first-order valence-electron chi connectivity index (χ1n) is 8.65. The fourth-order valence-corrected chi connectivity index (χ4v) is 2.85. The highest BCUT2D eigenvalue weighted by molar-refractivity contribution is 5.87. The fourth-order valence-electron chi connectivity index (χ4n) is 2.85. The van der Waals surface area contributed by atoms with E-state index in [1.54, 1.807) is 0 Å². The van der Waals surface area contributed by atoms with Crippen LogP contribution in [0.25, 0.3) is 0 Å². The molecule has 0 aromatic rings. The first-order valence-corrected chi connectivity index (χ1v) is 8.65. The van der Waals surface area contributed by atoms with Gasteiger partial charge in [0.05, 0.1) is 0 Å². The quantitative estimate of drug-likeness (QED) is 0.534. The molecule has 4 heteroatoms. The second kappa shape index (κ2) is 9.80. The Morgan fingerprint density at radius 2 is 1.48 bits per heavy atom. The highest BCUT2D eigenvalue weighted by atomic mass is 16.4. The summed E-state index contributed by atoms with van der Waals surface area (Å²) in [6.45, 7) is 2.23. The number of hydrogen-bond acceptors (Lipinski definition) is 2. The normalized spacial score (nSPS) is 16.2. The first kappa shape index (κ1) is 18.0. The van der Waals surface area contributed by atoms with Gasteiger partial charge in [-0.2, -0.15) is 0 Å². The summed E-state index contributed by atoms with van der Waals surface area (Å²) in [4.78, 5) is 22.9. The zero-order valence-electron chi connectivity index (χ0n) is 13.5. The summed E-state index contributed by atoms with van der Waals surface area (Å²) in [5.41, 5.74) is -0.948. The summed E-state index contributed by atoms with van der Waals surface area (Å²) in [6, 6.07) is 0. The summed E-state index contributed by atoms with van der Waals surface area (Å²) in [6.07, 6.45) is 13.5. The van der Waals surface area contributed by atoms with Crippen LogP contribution in [0.2, 0.25) is 0 Å². The molecule has 0 saturated heterocycles. The van der Waals surface area contributed by atoms with E-state index in [-0.39, 0.29) is 5.91 Å². The smallest absolute Gasteiger partial charge is 0.329 e. The highest BCUT2D eigenvalue weighted by Crippen LogP contribution is 2.32. The van der Waals surface area contributed by atoms with Crippen LogP contribution in [0.5, 0.6) is 0 Å². The lowest BCUT2D eigenvalue weighted by Gasteiger charge is -2.38. The number of hydrogen-bond donors (Lipinski definition) is 2. The lowest BCUT2D eigenvalue weighted by molar-refractivity contribution is -0.151. The molecule has 1 saturated carbocycles. The molecule has 0 spiro atoms. The summed E-state index contributed by atoms with van der Waals surface area (Å²) < 4.78 is 0. The second-order valence-electron chi connectivity index (χ2n) is 6.37. The van der Waals surface area contributed by atoms with Crippen molar-refractivity contribution in [2.45, 2.75) is 95.9 Å². The predicted molar refractivity (Wildman–Crippen MR) is 84.2 cm³/mol. The van der Waals surface area contributed by atoms with Gasteiger partial charge in [0.1, 0.15) is 5.54 Å². The van der Waals surface area contributed by atoms with Gasteiger partial charge in [-0.25, -0.2) is 4.79 Å². The largest absolute Gasteiger partial charge is 0.480 e. The van der Waals surface area contributed by atoms with Gasteiger partial charge in [-0.1, -0.05) is 58.3 Å². The Labute approximate surface area is 128 Å². The van der Waals surface area contributed by atoms with Gasteiger partial charge in [-0.05, 0) is 25.7 Å². The van der Waals surface area contributed by atoms with Crippen molar-refractivity contribution in [2.75, 3.05) is 0 Å². The number of aliphatic carboxylic acids is 1. The molecule has 1 aliphatic rings. The monoisotopic (exact) mass is 297 g/mol. The molecular formula is C17H31NO3. The van der Waals surface area contributed by atoms with Crippen LogP contribution in [-0.2, 0) is 9.59 Å². The Morgan fingerprint density at radius 3 is 1.90 bits per heavy atom. The van der Waals surface area contributed by atoms with Crippen molar-refractivity contribution < 1.29 is 14.7 Å². The van der Waals surface area contributed by atoms with Crippen LogP contribution in [0, 0.1) is 0 Å². The fraction of sp³-hybridized carbons (Fsp3) is 0.882. The standard InChI is InChI=1S/C17H31NO3/c1-2-3-4-5-6-7-8-9-10-12-15(19)18-17(16(20)21)13-11-14-17/h2-14H2,1H3,(H,18,19)(H,20,21). The van der Waals surface area contributed by atoms with E-state index in [1.807, 2.05) is 0 Å². The van der Waals surface area contributed by atoms with E-state index in [0.29, 0.717) is 19.3 Å². The molecule has 0 radical (unpaired) electrons.